The molecule has 0 aliphatic carbocycles. The van der Waals surface area contributed by atoms with E-state index in [4.69, 9.17) is 20.7 Å². The second kappa shape index (κ2) is 8.57. The average Bonchev–Trinajstić information content (AvgIpc) is 2.86. The highest BCUT2D eigenvalue weighted by Crippen LogP contribution is 2.42. The molecule has 28 heavy (non-hydrogen) atoms. The second-order valence-corrected chi connectivity index (χ2v) is 7.14. The van der Waals surface area contributed by atoms with Gasteiger partial charge in [-0.25, -0.2) is 4.79 Å². The van der Waals surface area contributed by atoms with E-state index in [-0.39, 0.29) is 12.3 Å². The zero-order valence-electron chi connectivity index (χ0n) is 15.8. The van der Waals surface area contributed by atoms with Crippen molar-refractivity contribution >= 4 is 5.97 Å². The van der Waals surface area contributed by atoms with Gasteiger partial charge in [0.05, 0.1) is 12.5 Å². The van der Waals surface area contributed by atoms with Crippen LogP contribution in [0.1, 0.15) is 33.4 Å². The number of rotatable bonds is 7. The number of carbonyl (C=O) groups excluding carboxylic acids is 1. The molecule has 0 spiro atoms. The van der Waals surface area contributed by atoms with Gasteiger partial charge in [0.2, 0.25) is 5.72 Å². The predicted octanol–water partition coefficient (Wildman–Crippen LogP) is -0.0144. The molecule has 2 rings (SSSR count). The van der Waals surface area contributed by atoms with Crippen molar-refractivity contribution in [1.82, 2.24) is 9.55 Å². The van der Waals surface area contributed by atoms with Gasteiger partial charge in [-0.05, 0) is 11.4 Å². The van der Waals surface area contributed by atoms with E-state index in [1.165, 1.54) is 6.20 Å². The molecule has 1 aliphatic heterocycles. The first-order valence-corrected chi connectivity index (χ1v) is 8.76. The van der Waals surface area contributed by atoms with Crippen LogP contribution >= 0.6 is 0 Å². The predicted molar refractivity (Wildman–Crippen MR) is 96.9 cm³/mol. The number of hydrogen-bond donors (Lipinski definition) is 3. The molecule has 0 unspecified atom stereocenters. The zero-order chi connectivity index (χ0) is 21.1. The Morgan fingerprint density at radius 2 is 2.25 bits per heavy atom. The maximum atomic E-state index is 12.0. The lowest BCUT2D eigenvalue weighted by molar-refractivity contribution is -0.165. The monoisotopic (exact) mass is 396 g/mol. The first kappa shape index (κ1) is 21.6. The Balaban J connectivity index is 2.23. The minimum atomic E-state index is -1.92. The normalized spacial score (nSPS) is 28.0. The lowest BCUT2D eigenvalue weighted by atomic mass is 9.98. The van der Waals surface area contributed by atoms with Crippen molar-refractivity contribution < 1.29 is 19.4 Å². The first-order chi connectivity index (χ1) is 13.1. The van der Waals surface area contributed by atoms with Crippen LogP contribution in [-0.4, -0.2) is 45.1 Å². The van der Waals surface area contributed by atoms with Gasteiger partial charge in [0.1, 0.15) is 12.8 Å². The molecule has 12 nitrogen and oxygen atoms in total. The van der Waals surface area contributed by atoms with Crippen LogP contribution in [0, 0.1) is 11.8 Å². The van der Waals surface area contributed by atoms with E-state index in [0.29, 0.717) is 0 Å². The van der Waals surface area contributed by atoms with E-state index in [1.807, 2.05) is 13.8 Å². The Hall–Kier alpha value is -2.66. The number of H-pyrrole nitrogens is 1. The van der Waals surface area contributed by atoms with Gasteiger partial charge < -0.3 is 20.3 Å². The summed E-state index contributed by atoms with van der Waals surface area (Å²) < 4.78 is 11.9. The summed E-state index contributed by atoms with van der Waals surface area (Å²) in [5, 5.41) is 14.1. The molecule has 154 valence electrons. The molecular formula is C16H24N6O6. The van der Waals surface area contributed by atoms with Crippen molar-refractivity contribution in [3.05, 3.63) is 43.5 Å². The Bertz CT molecular complexity index is 875. The number of carbonyl (C=O) groups is 1. The molecule has 2 heterocycles. The molecule has 1 aliphatic rings. The van der Waals surface area contributed by atoms with Gasteiger partial charge in [-0.3, -0.25) is 19.1 Å². The number of aromatic nitrogens is 2. The topological polar surface area (TPSA) is 185 Å². The van der Waals surface area contributed by atoms with Crippen LogP contribution in [0.25, 0.3) is 10.4 Å². The van der Waals surface area contributed by atoms with Crippen LogP contribution < -0.4 is 17.0 Å². The number of aliphatic hydroxyl groups excluding tert-OH is 1. The van der Waals surface area contributed by atoms with Crippen molar-refractivity contribution in [1.29, 1.82) is 0 Å². The third-order valence-corrected chi connectivity index (χ3v) is 4.77. The largest absolute Gasteiger partial charge is 0.462 e. The molecule has 0 aromatic carbocycles. The second-order valence-electron chi connectivity index (χ2n) is 7.14. The minimum Gasteiger partial charge on any atom is -0.462 e. The van der Waals surface area contributed by atoms with Crippen LogP contribution in [0.5, 0.6) is 0 Å². The average molecular weight is 396 g/mol. The van der Waals surface area contributed by atoms with Crippen LogP contribution in [0.2, 0.25) is 0 Å². The summed E-state index contributed by atoms with van der Waals surface area (Å²) >= 11 is 0. The third kappa shape index (κ3) is 4.42. The molecule has 1 aromatic heterocycles. The van der Waals surface area contributed by atoms with Crippen LogP contribution in [0.4, 0.5) is 0 Å². The Morgan fingerprint density at radius 3 is 2.82 bits per heavy atom. The number of ether oxygens (including phenoxy) is 2. The highest BCUT2D eigenvalue weighted by Gasteiger charge is 2.54. The smallest absolute Gasteiger partial charge is 0.330 e. The summed E-state index contributed by atoms with van der Waals surface area (Å²) in [4.78, 5) is 40.1. The summed E-state index contributed by atoms with van der Waals surface area (Å²) in [5.41, 5.74) is 11.5. The Labute approximate surface area is 159 Å². The van der Waals surface area contributed by atoms with Crippen molar-refractivity contribution in [3.63, 3.8) is 0 Å². The van der Waals surface area contributed by atoms with E-state index >= 15 is 0 Å². The fraction of sp³-hybridized carbons (Fsp3) is 0.688. The number of hydrogen-bond acceptors (Lipinski definition) is 8. The molecule has 1 aromatic rings. The summed E-state index contributed by atoms with van der Waals surface area (Å²) in [6, 6.07) is 0.703. The fourth-order valence-corrected chi connectivity index (χ4v) is 2.87. The van der Waals surface area contributed by atoms with Crippen molar-refractivity contribution in [2.45, 2.75) is 51.3 Å². The third-order valence-electron chi connectivity index (χ3n) is 4.77. The highest BCUT2D eigenvalue weighted by molar-refractivity contribution is 5.70. The van der Waals surface area contributed by atoms with Crippen molar-refractivity contribution in [2.75, 3.05) is 6.61 Å². The molecule has 1 fully saturated rings. The lowest BCUT2D eigenvalue weighted by Gasteiger charge is -2.27. The van der Waals surface area contributed by atoms with E-state index < -0.39 is 53.8 Å². The van der Waals surface area contributed by atoms with E-state index in [2.05, 4.69) is 15.0 Å². The van der Waals surface area contributed by atoms with Gasteiger partial charge >= 0.3 is 11.7 Å². The van der Waals surface area contributed by atoms with Gasteiger partial charge in [-0.1, -0.05) is 25.9 Å². The molecule has 5 atom stereocenters. The Kier molecular flexibility index (Phi) is 6.62. The molecule has 0 amide bonds. The Morgan fingerprint density at radius 1 is 1.57 bits per heavy atom. The number of aliphatic hydroxyl groups is 1. The molecule has 4 N–H and O–H groups in total. The molecule has 0 saturated carbocycles. The number of azide groups is 1. The summed E-state index contributed by atoms with van der Waals surface area (Å²) in [7, 11) is 0. The van der Waals surface area contributed by atoms with Crippen molar-refractivity contribution in [2.24, 2.45) is 22.7 Å². The van der Waals surface area contributed by atoms with Gasteiger partial charge in [-0.15, -0.1) is 0 Å². The van der Waals surface area contributed by atoms with E-state index in [1.54, 1.807) is 6.92 Å². The van der Waals surface area contributed by atoms with Crippen LogP contribution in [0.15, 0.2) is 27.0 Å². The SMILES string of the molecule is CC(C)[C@H](N)CC(=O)OC[C@@]1(N=[N+]=[N-])O[C@@H](n2ccc(=O)[nH]c2=O)[C@@H](C)[C@@H]1O. The highest BCUT2D eigenvalue weighted by atomic mass is 16.6. The summed E-state index contributed by atoms with van der Waals surface area (Å²) in [6.07, 6.45) is -1.28. The number of nitrogens with one attached hydrogen (secondary N) is 1. The van der Waals surface area contributed by atoms with E-state index in [9.17, 15) is 19.5 Å². The molecule has 0 radical (unpaired) electrons. The van der Waals surface area contributed by atoms with E-state index in [0.717, 1.165) is 10.6 Å². The minimum absolute atomic E-state index is 0.0571. The number of esters is 1. The number of nitrogens with zero attached hydrogens (tertiary/aromatic N) is 4. The molecule has 12 heteroatoms. The maximum absolute atomic E-state index is 12.0. The van der Waals surface area contributed by atoms with Crippen LogP contribution in [-0.2, 0) is 14.3 Å². The van der Waals surface area contributed by atoms with Gasteiger partial charge in [-0.2, -0.15) is 0 Å². The van der Waals surface area contributed by atoms with Gasteiger partial charge in [0.25, 0.3) is 5.56 Å². The summed E-state index contributed by atoms with van der Waals surface area (Å²) in [6.45, 7) is 4.73. The zero-order valence-corrected chi connectivity index (χ0v) is 15.8. The molecular weight excluding hydrogens is 372 g/mol. The van der Waals surface area contributed by atoms with Crippen molar-refractivity contribution in [3.8, 4) is 0 Å². The lowest BCUT2D eigenvalue weighted by Crippen LogP contribution is -2.44. The molecule has 1 saturated heterocycles. The van der Waals surface area contributed by atoms with Gasteiger partial charge in [0.15, 0.2) is 0 Å². The standard InChI is InChI=1S/C16H24N6O6/c1-8(2)10(17)6-12(24)27-7-16(20-21-18)13(25)9(3)14(28-16)22-5-4-11(23)19-15(22)26/h4-5,8-10,13-14,25H,6-7,17H2,1-3H3,(H,19,23,26)/t9-,10+,13-,14+,16+/m0/s1. The first-order valence-electron chi connectivity index (χ1n) is 8.76. The molecule has 0 bridgehead atoms. The van der Waals surface area contributed by atoms with Gasteiger partial charge in [0, 0.05) is 29.1 Å². The summed E-state index contributed by atoms with van der Waals surface area (Å²) in [5.74, 6) is -1.30. The number of aromatic amines is 1. The fourth-order valence-electron chi connectivity index (χ4n) is 2.87. The number of nitrogens with two attached hydrogens (primary N) is 1. The quantitative estimate of drug-likeness (QED) is 0.250. The maximum Gasteiger partial charge on any atom is 0.330 e. The van der Waals surface area contributed by atoms with Crippen LogP contribution in [0.3, 0.4) is 0 Å².